The first kappa shape index (κ1) is 37.1. The first-order valence-electron chi connectivity index (χ1n) is 16.2. The summed E-state index contributed by atoms with van der Waals surface area (Å²) in [7, 11) is -4.03. The average molecular weight is 597 g/mol. The van der Waals surface area contributed by atoms with Gasteiger partial charge in [-0.1, -0.05) is 135 Å². The summed E-state index contributed by atoms with van der Waals surface area (Å²) in [6.45, 7) is 2.58. The summed E-state index contributed by atoms with van der Waals surface area (Å²) in [5.74, 6) is -1.59. The Balaban J connectivity index is 2.01. The lowest BCUT2D eigenvalue weighted by Gasteiger charge is -2.10. The molecule has 0 atom stereocenters. The van der Waals surface area contributed by atoms with Gasteiger partial charge >= 0.3 is 11.9 Å². The highest BCUT2D eigenvalue weighted by molar-refractivity contribution is 7.85. The molecule has 0 amide bonds. The second-order valence-electron chi connectivity index (χ2n) is 11.2. The van der Waals surface area contributed by atoms with Crippen LogP contribution in [0.5, 0.6) is 0 Å². The fourth-order valence-corrected chi connectivity index (χ4v) is 5.46. The van der Waals surface area contributed by atoms with Gasteiger partial charge in [-0.3, -0.25) is 4.55 Å². The van der Waals surface area contributed by atoms with E-state index in [0.29, 0.717) is 6.61 Å². The highest BCUT2D eigenvalue weighted by Crippen LogP contribution is 2.16. The lowest BCUT2D eigenvalue weighted by Crippen LogP contribution is -2.15. The van der Waals surface area contributed by atoms with E-state index in [1.54, 1.807) is 12.1 Å². The molecular weight excluding hydrogens is 540 g/mol. The molecule has 0 fully saturated rings. The molecule has 41 heavy (non-hydrogen) atoms. The number of carbonyl (C=O) groups excluding carboxylic acids is 2. The van der Waals surface area contributed by atoms with Gasteiger partial charge in [-0.05, 0) is 31.4 Å². The minimum absolute atomic E-state index is 0.00288. The van der Waals surface area contributed by atoms with Crippen LogP contribution in [0.25, 0.3) is 0 Å². The number of rotatable bonds is 27. The zero-order valence-electron chi connectivity index (χ0n) is 25.6. The number of esters is 2. The third kappa shape index (κ3) is 21.4. The van der Waals surface area contributed by atoms with Gasteiger partial charge in [0.05, 0.1) is 30.1 Å². The van der Waals surface area contributed by atoms with Crippen LogP contribution in [0.15, 0.2) is 24.3 Å². The molecule has 0 aliphatic rings. The molecule has 0 saturated heterocycles. The van der Waals surface area contributed by atoms with Crippen molar-refractivity contribution in [3.05, 3.63) is 35.4 Å². The minimum atomic E-state index is -4.03. The molecule has 236 valence electrons. The first-order valence-corrected chi connectivity index (χ1v) is 17.8. The molecule has 1 N–H and O–H groups in total. The molecule has 0 heterocycles. The van der Waals surface area contributed by atoms with Crippen LogP contribution in [0.2, 0.25) is 0 Å². The van der Waals surface area contributed by atoms with Crippen LogP contribution in [0.3, 0.4) is 0 Å². The second-order valence-corrected chi connectivity index (χ2v) is 12.7. The minimum Gasteiger partial charge on any atom is -0.462 e. The van der Waals surface area contributed by atoms with Crippen LogP contribution in [-0.2, 0) is 19.6 Å². The van der Waals surface area contributed by atoms with Crippen molar-refractivity contribution in [3.63, 3.8) is 0 Å². The highest BCUT2D eigenvalue weighted by Gasteiger charge is 2.19. The van der Waals surface area contributed by atoms with Gasteiger partial charge in [0.15, 0.2) is 0 Å². The molecule has 0 bridgehead atoms. The van der Waals surface area contributed by atoms with Gasteiger partial charge in [0.25, 0.3) is 10.1 Å². The monoisotopic (exact) mass is 596 g/mol. The van der Waals surface area contributed by atoms with Gasteiger partial charge in [-0.15, -0.1) is 0 Å². The number of ether oxygens (including phenoxy) is 2. The molecule has 0 radical (unpaired) electrons. The lowest BCUT2D eigenvalue weighted by molar-refractivity contribution is 0.0451. The number of unbranched alkanes of at least 4 members (excludes halogenated alkanes) is 19. The molecule has 1 aromatic rings. The number of carbonyl (C=O) groups is 2. The third-order valence-corrected chi connectivity index (χ3v) is 8.18. The zero-order chi connectivity index (χ0) is 30.0. The van der Waals surface area contributed by atoms with Crippen molar-refractivity contribution in [2.45, 2.75) is 142 Å². The van der Waals surface area contributed by atoms with Crippen molar-refractivity contribution in [1.82, 2.24) is 0 Å². The Morgan fingerprint density at radius 3 is 1.22 bits per heavy atom. The smallest absolute Gasteiger partial charge is 0.339 e. The van der Waals surface area contributed by atoms with Gasteiger partial charge in [0, 0.05) is 0 Å². The molecule has 0 saturated carbocycles. The standard InChI is InChI=1S/C33H56O7S/c1-2-3-4-5-6-7-8-9-10-11-12-13-14-15-16-17-18-19-22-27-39-32(34)30-25-20-21-26-31(30)33(35)40-28-23-24-29-41(36,37)38/h20-21,25-26H,2-19,22-24,27-29H2,1H3,(H,36,37,38). The Hall–Kier alpha value is -1.93. The van der Waals surface area contributed by atoms with E-state index in [2.05, 4.69) is 6.92 Å². The van der Waals surface area contributed by atoms with Gasteiger partial charge in [0.2, 0.25) is 0 Å². The SMILES string of the molecule is CCCCCCCCCCCCCCCCCCCCCOC(=O)c1ccccc1C(=O)OCCCCS(=O)(=O)O. The summed E-state index contributed by atoms with van der Waals surface area (Å²) < 4.78 is 40.8. The molecule has 0 spiro atoms. The Morgan fingerprint density at radius 1 is 0.561 bits per heavy atom. The highest BCUT2D eigenvalue weighted by atomic mass is 32.2. The van der Waals surface area contributed by atoms with Crippen LogP contribution < -0.4 is 0 Å². The van der Waals surface area contributed by atoms with Gasteiger partial charge in [-0.25, -0.2) is 9.59 Å². The second kappa shape index (κ2) is 24.6. The number of hydrogen-bond acceptors (Lipinski definition) is 6. The van der Waals surface area contributed by atoms with Crippen LogP contribution >= 0.6 is 0 Å². The Labute approximate surface area is 249 Å². The number of benzene rings is 1. The normalized spacial score (nSPS) is 11.5. The summed E-state index contributed by atoms with van der Waals surface area (Å²) in [6.07, 6.45) is 25.3. The predicted octanol–water partition coefficient (Wildman–Crippen LogP) is 9.10. The van der Waals surface area contributed by atoms with Gasteiger partial charge in [0.1, 0.15) is 0 Å². The van der Waals surface area contributed by atoms with Crippen LogP contribution in [0, 0.1) is 0 Å². The van der Waals surface area contributed by atoms with E-state index in [-0.39, 0.29) is 36.3 Å². The predicted molar refractivity (Wildman–Crippen MR) is 166 cm³/mol. The van der Waals surface area contributed by atoms with Crippen molar-refractivity contribution in [2.75, 3.05) is 19.0 Å². The van der Waals surface area contributed by atoms with E-state index < -0.39 is 22.1 Å². The van der Waals surface area contributed by atoms with E-state index in [0.717, 1.165) is 19.3 Å². The van der Waals surface area contributed by atoms with Crippen molar-refractivity contribution in [3.8, 4) is 0 Å². The molecule has 1 aromatic carbocycles. The van der Waals surface area contributed by atoms with E-state index in [9.17, 15) is 18.0 Å². The molecule has 0 unspecified atom stereocenters. The maximum absolute atomic E-state index is 12.5. The molecule has 0 aliphatic heterocycles. The summed E-state index contributed by atoms with van der Waals surface area (Å²) in [5.41, 5.74) is 0.286. The fourth-order valence-electron chi connectivity index (χ4n) is 4.89. The summed E-state index contributed by atoms with van der Waals surface area (Å²) in [4.78, 5) is 24.9. The van der Waals surface area contributed by atoms with Crippen molar-refractivity contribution in [1.29, 1.82) is 0 Å². The van der Waals surface area contributed by atoms with Gasteiger partial charge < -0.3 is 9.47 Å². The van der Waals surface area contributed by atoms with Crippen LogP contribution in [0.1, 0.15) is 162 Å². The fraction of sp³-hybridized carbons (Fsp3) is 0.758. The molecule has 1 rings (SSSR count). The molecule has 7 nitrogen and oxygen atoms in total. The molecule has 8 heteroatoms. The molecule has 0 aromatic heterocycles. The summed E-state index contributed by atoms with van der Waals surface area (Å²) in [6, 6.07) is 6.35. The van der Waals surface area contributed by atoms with Gasteiger partial charge in [-0.2, -0.15) is 8.42 Å². The molecule has 0 aliphatic carbocycles. The zero-order valence-corrected chi connectivity index (χ0v) is 26.4. The largest absolute Gasteiger partial charge is 0.462 e. The Morgan fingerprint density at radius 2 is 0.878 bits per heavy atom. The van der Waals surface area contributed by atoms with E-state index in [4.69, 9.17) is 14.0 Å². The topological polar surface area (TPSA) is 107 Å². The number of hydrogen-bond donors (Lipinski definition) is 1. The maximum atomic E-state index is 12.5. The quantitative estimate of drug-likeness (QED) is 0.0613. The van der Waals surface area contributed by atoms with Crippen LogP contribution in [-0.4, -0.2) is 43.9 Å². The van der Waals surface area contributed by atoms with Crippen molar-refractivity contribution >= 4 is 22.1 Å². The van der Waals surface area contributed by atoms with E-state index in [1.807, 2.05) is 0 Å². The molecular formula is C33H56O7S. The van der Waals surface area contributed by atoms with Crippen molar-refractivity contribution < 1.29 is 32.0 Å². The average Bonchev–Trinajstić information content (AvgIpc) is 2.95. The maximum Gasteiger partial charge on any atom is 0.339 e. The van der Waals surface area contributed by atoms with E-state index in [1.165, 1.54) is 115 Å². The van der Waals surface area contributed by atoms with Crippen molar-refractivity contribution in [2.24, 2.45) is 0 Å². The van der Waals surface area contributed by atoms with E-state index >= 15 is 0 Å². The summed E-state index contributed by atoms with van der Waals surface area (Å²) >= 11 is 0. The Kier molecular flexibility index (Phi) is 22.3. The van der Waals surface area contributed by atoms with Crippen LogP contribution in [0.4, 0.5) is 0 Å². The first-order chi connectivity index (χ1) is 19.8. The summed E-state index contributed by atoms with van der Waals surface area (Å²) in [5, 5.41) is 0. The lowest BCUT2D eigenvalue weighted by atomic mass is 10.0. The Bertz CT molecular complexity index is 914. The third-order valence-electron chi connectivity index (χ3n) is 7.38.